The molecule has 7 heteroatoms. The first kappa shape index (κ1) is 18.1. The van der Waals surface area contributed by atoms with Crippen LogP contribution in [0.1, 0.15) is 19.4 Å². The third-order valence-corrected chi connectivity index (χ3v) is 3.38. The summed E-state index contributed by atoms with van der Waals surface area (Å²) < 4.78 is 15.6. The van der Waals surface area contributed by atoms with Crippen LogP contribution in [0, 0.1) is 18.7 Å². The highest BCUT2D eigenvalue weighted by Gasteiger charge is 2.17. The summed E-state index contributed by atoms with van der Waals surface area (Å²) in [6, 6.07) is 4.23. The molecule has 1 heterocycles. The number of aryl methyl sites for hydroxylation is 1. The lowest BCUT2D eigenvalue weighted by Crippen LogP contribution is -2.34. The third-order valence-electron chi connectivity index (χ3n) is 3.38. The van der Waals surface area contributed by atoms with Gasteiger partial charge < -0.3 is 11.1 Å². The minimum atomic E-state index is -0.454. The van der Waals surface area contributed by atoms with Crippen molar-refractivity contribution in [2.75, 3.05) is 5.32 Å². The summed E-state index contributed by atoms with van der Waals surface area (Å²) in [5, 5.41) is 6.72. The van der Waals surface area contributed by atoms with E-state index in [2.05, 4.69) is 10.4 Å². The number of benzene rings is 1. The van der Waals surface area contributed by atoms with Gasteiger partial charge in [-0.15, -0.1) is 12.4 Å². The van der Waals surface area contributed by atoms with Gasteiger partial charge in [0.15, 0.2) is 5.82 Å². The Morgan fingerprint density at radius 3 is 2.59 bits per heavy atom. The smallest absolute Gasteiger partial charge is 0.228 e. The molecule has 0 saturated heterocycles. The number of hydrogen-bond donors (Lipinski definition) is 2. The van der Waals surface area contributed by atoms with Crippen molar-refractivity contribution in [3.05, 3.63) is 42.0 Å². The van der Waals surface area contributed by atoms with Gasteiger partial charge >= 0.3 is 0 Å². The molecule has 2 unspecified atom stereocenters. The van der Waals surface area contributed by atoms with Crippen molar-refractivity contribution in [2.24, 2.45) is 11.7 Å². The number of nitrogens with zero attached hydrogens (tertiary/aromatic N) is 2. The molecule has 2 atom stereocenters. The number of anilines is 1. The lowest BCUT2D eigenvalue weighted by molar-refractivity contribution is -0.119. The molecule has 1 aromatic heterocycles. The number of nitrogens with one attached hydrogen (secondary N) is 1. The molecule has 0 fully saturated rings. The maximum atomic E-state index is 14.1. The van der Waals surface area contributed by atoms with Gasteiger partial charge in [-0.05, 0) is 37.6 Å². The molecule has 3 N–H and O–H groups in total. The maximum Gasteiger partial charge on any atom is 0.228 e. The Labute approximate surface area is 135 Å². The van der Waals surface area contributed by atoms with Crippen LogP contribution in [0.4, 0.5) is 10.1 Å². The molecule has 0 spiro atoms. The van der Waals surface area contributed by atoms with Gasteiger partial charge in [-0.2, -0.15) is 5.10 Å². The van der Waals surface area contributed by atoms with Gasteiger partial charge in [0.1, 0.15) is 5.69 Å². The van der Waals surface area contributed by atoms with E-state index in [1.165, 1.54) is 10.7 Å². The number of halogens is 2. The molecular formula is C15H20ClFN4O. The Balaban J connectivity index is 0.00000242. The molecular weight excluding hydrogens is 307 g/mol. The summed E-state index contributed by atoms with van der Waals surface area (Å²) in [5.74, 6) is -1.03. The van der Waals surface area contributed by atoms with Gasteiger partial charge in [-0.1, -0.05) is 6.92 Å². The lowest BCUT2D eigenvalue weighted by atomic mass is 10.0. The minimum absolute atomic E-state index is 0. The molecule has 22 heavy (non-hydrogen) atoms. The molecule has 0 radical (unpaired) electrons. The van der Waals surface area contributed by atoms with Crippen LogP contribution in [0.3, 0.4) is 0 Å². The summed E-state index contributed by atoms with van der Waals surface area (Å²) in [7, 11) is 0. The topological polar surface area (TPSA) is 72.9 Å². The minimum Gasteiger partial charge on any atom is -0.327 e. The zero-order valence-corrected chi connectivity index (χ0v) is 13.5. The van der Waals surface area contributed by atoms with Crippen molar-refractivity contribution in [3.63, 3.8) is 0 Å². The van der Waals surface area contributed by atoms with Gasteiger partial charge in [0, 0.05) is 17.9 Å². The molecule has 1 aromatic carbocycles. The highest BCUT2D eigenvalue weighted by atomic mass is 35.5. The first-order valence-corrected chi connectivity index (χ1v) is 6.76. The van der Waals surface area contributed by atoms with Crippen LogP contribution in [-0.4, -0.2) is 21.7 Å². The van der Waals surface area contributed by atoms with Crippen LogP contribution < -0.4 is 11.1 Å². The Bertz CT molecular complexity index is 657. The second kappa shape index (κ2) is 7.38. The Morgan fingerprint density at radius 1 is 1.41 bits per heavy atom. The zero-order chi connectivity index (χ0) is 15.6. The normalized spacial score (nSPS) is 13.1. The standard InChI is InChI=1S/C15H19FN4O.ClH/c1-9-7-18-20(8-9)14-5-4-12(6-13(14)16)19-15(21)10(2)11(3)17;/h4-8,10-11H,17H2,1-3H3,(H,19,21);1H. The van der Waals surface area contributed by atoms with E-state index in [0.717, 1.165) is 5.56 Å². The summed E-state index contributed by atoms with van der Waals surface area (Å²) in [4.78, 5) is 11.9. The number of aromatic nitrogens is 2. The van der Waals surface area contributed by atoms with Crippen LogP contribution in [0.15, 0.2) is 30.6 Å². The van der Waals surface area contributed by atoms with Gasteiger partial charge in [-0.3, -0.25) is 4.79 Å². The molecule has 120 valence electrons. The fourth-order valence-electron chi connectivity index (χ4n) is 1.81. The van der Waals surface area contributed by atoms with E-state index in [4.69, 9.17) is 5.73 Å². The average molecular weight is 327 g/mol. The highest BCUT2D eigenvalue weighted by Crippen LogP contribution is 2.19. The Hall–Kier alpha value is -1.92. The van der Waals surface area contributed by atoms with Crippen molar-refractivity contribution < 1.29 is 9.18 Å². The molecule has 0 bridgehead atoms. The van der Waals surface area contributed by atoms with Gasteiger partial charge in [0.25, 0.3) is 0 Å². The van der Waals surface area contributed by atoms with Gasteiger partial charge in [-0.25, -0.2) is 9.07 Å². The number of carbonyl (C=O) groups is 1. The van der Waals surface area contributed by atoms with Gasteiger partial charge in [0.2, 0.25) is 5.91 Å². The largest absolute Gasteiger partial charge is 0.327 e. The average Bonchev–Trinajstić information content (AvgIpc) is 2.84. The van der Waals surface area contributed by atoms with Crippen LogP contribution in [0.25, 0.3) is 5.69 Å². The van der Waals surface area contributed by atoms with Crippen molar-refractivity contribution in [3.8, 4) is 5.69 Å². The van der Waals surface area contributed by atoms with Crippen molar-refractivity contribution in [2.45, 2.75) is 26.8 Å². The second-order valence-electron chi connectivity index (χ2n) is 5.27. The molecule has 5 nitrogen and oxygen atoms in total. The summed E-state index contributed by atoms with van der Waals surface area (Å²) >= 11 is 0. The van der Waals surface area contributed by atoms with Gasteiger partial charge in [0.05, 0.1) is 12.1 Å². The Morgan fingerprint density at radius 2 is 2.09 bits per heavy atom. The molecule has 2 rings (SSSR count). The third kappa shape index (κ3) is 4.05. The predicted octanol–water partition coefficient (Wildman–Crippen LogP) is 2.66. The van der Waals surface area contributed by atoms with E-state index in [9.17, 15) is 9.18 Å². The quantitative estimate of drug-likeness (QED) is 0.907. The highest BCUT2D eigenvalue weighted by molar-refractivity contribution is 5.92. The number of nitrogens with two attached hydrogens (primary N) is 1. The summed E-state index contributed by atoms with van der Waals surface area (Å²) in [5.41, 5.74) is 7.35. The van der Waals surface area contributed by atoms with E-state index in [1.807, 2.05) is 6.92 Å². The SMILES string of the molecule is Cc1cnn(-c2ccc(NC(=O)C(C)C(C)N)cc2F)c1.Cl. The number of rotatable bonds is 4. The molecule has 0 aliphatic carbocycles. The molecule has 0 aliphatic heterocycles. The van der Waals surface area contributed by atoms with Crippen LogP contribution >= 0.6 is 12.4 Å². The first-order valence-electron chi connectivity index (χ1n) is 6.76. The fraction of sp³-hybridized carbons (Fsp3) is 0.333. The Kier molecular flexibility index (Phi) is 6.08. The van der Waals surface area contributed by atoms with E-state index < -0.39 is 5.82 Å². The number of amides is 1. The van der Waals surface area contributed by atoms with E-state index in [-0.39, 0.29) is 30.3 Å². The summed E-state index contributed by atoms with van der Waals surface area (Å²) in [6.07, 6.45) is 3.38. The first-order chi connectivity index (χ1) is 9.88. The van der Waals surface area contributed by atoms with E-state index >= 15 is 0 Å². The maximum absolute atomic E-state index is 14.1. The number of carbonyl (C=O) groups excluding carboxylic acids is 1. The monoisotopic (exact) mass is 326 g/mol. The van der Waals surface area contributed by atoms with Crippen LogP contribution in [0.5, 0.6) is 0 Å². The van der Waals surface area contributed by atoms with Crippen molar-refractivity contribution in [1.29, 1.82) is 0 Å². The van der Waals surface area contributed by atoms with Crippen LogP contribution in [-0.2, 0) is 4.79 Å². The second-order valence-corrected chi connectivity index (χ2v) is 5.27. The summed E-state index contributed by atoms with van der Waals surface area (Å²) in [6.45, 7) is 5.37. The predicted molar refractivity (Wildman–Crippen MR) is 87.0 cm³/mol. The lowest BCUT2D eigenvalue weighted by Gasteiger charge is -2.15. The van der Waals surface area contributed by atoms with Crippen molar-refractivity contribution >= 4 is 24.0 Å². The zero-order valence-electron chi connectivity index (χ0n) is 12.7. The van der Waals surface area contributed by atoms with Crippen LogP contribution in [0.2, 0.25) is 0 Å². The molecule has 0 aliphatic rings. The van der Waals surface area contributed by atoms with Crippen molar-refractivity contribution in [1.82, 2.24) is 9.78 Å². The van der Waals surface area contributed by atoms with E-state index in [1.54, 1.807) is 38.4 Å². The molecule has 2 aromatic rings. The number of hydrogen-bond acceptors (Lipinski definition) is 3. The molecule has 0 saturated carbocycles. The van der Waals surface area contributed by atoms with E-state index in [0.29, 0.717) is 11.4 Å². The fourth-order valence-corrected chi connectivity index (χ4v) is 1.81. The molecule has 1 amide bonds.